The summed E-state index contributed by atoms with van der Waals surface area (Å²) in [5.41, 5.74) is 0. The van der Waals surface area contributed by atoms with Crippen molar-refractivity contribution in [2.24, 2.45) is 5.92 Å². The van der Waals surface area contributed by atoms with E-state index in [0.717, 1.165) is 37.6 Å². The van der Waals surface area contributed by atoms with Gasteiger partial charge in [0, 0.05) is 36.5 Å². The normalized spacial score (nSPS) is 19.7. The largest absolute Gasteiger partial charge is 0.367 e. The number of nitrogens with one attached hydrogen (secondary N) is 2. The van der Waals surface area contributed by atoms with Gasteiger partial charge >= 0.3 is 0 Å². The highest BCUT2D eigenvalue weighted by atomic mass is 32.1. The Morgan fingerprint density at radius 2 is 2.22 bits per heavy atom. The molecule has 27 heavy (non-hydrogen) atoms. The van der Waals surface area contributed by atoms with Gasteiger partial charge in [-0.3, -0.25) is 4.79 Å². The fourth-order valence-electron chi connectivity index (χ4n) is 3.57. The second kappa shape index (κ2) is 8.69. The molecule has 2 N–H and O–H groups in total. The summed E-state index contributed by atoms with van der Waals surface area (Å²) < 4.78 is 0. The van der Waals surface area contributed by atoms with Crippen molar-refractivity contribution in [1.82, 2.24) is 15.3 Å². The van der Waals surface area contributed by atoms with Crippen molar-refractivity contribution >= 4 is 28.9 Å². The quantitative estimate of drug-likeness (QED) is 0.729. The summed E-state index contributed by atoms with van der Waals surface area (Å²) in [4.78, 5) is 24.5. The Labute approximate surface area is 164 Å². The maximum absolute atomic E-state index is 12.1. The molecule has 1 aliphatic carbocycles. The average molecular weight is 386 g/mol. The second-order valence-electron chi connectivity index (χ2n) is 7.53. The molecule has 1 atom stereocenters. The van der Waals surface area contributed by atoms with E-state index in [0.29, 0.717) is 24.9 Å². The summed E-state index contributed by atoms with van der Waals surface area (Å²) in [6, 6.07) is 6.73. The van der Waals surface area contributed by atoms with Crippen LogP contribution < -0.4 is 15.5 Å². The second-order valence-corrected chi connectivity index (χ2v) is 8.56. The SMILES string of the molecule is O=C(CCC1CCCN(c2cc(NC3CC3)ncn2)C1)NCc1cccs1. The minimum Gasteiger partial charge on any atom is -0.367 e. The summed E-state index contributed by atoms with van der Waals surface area (Å²) in [5, 5.41) is 8.51. The molecule has 2 aromatic rings. The van der Waals surface area contributed by atoms with Gasteiger partial charge in [-0.05, 0) is 49.5 Å². The van der Waals surface area contributed by atoms with Crippen molar-refractivity contribution in [3.8, 4) is 0 Å². The lowest BCUT2D eigenvalue weighted by molar-refractivity contribution is -0.121. The molecule has 1 amide bonds. The lowest BCUT2D eigenvalue weighted by Gasteiger charge is -2.33. The molecule has 2 aliphatic rings. The Morgan fingerprint density at radius 3 is 3.04 bits per heavy atom. The first-order valence-electron chi connectivity index (χ1n) is 9.89. The van der Waals surface area contributed by atoms with Crippen molar-refractivity contribution in [3.05, 3.63) is 34.8 Å². The van der Waals surface area contributed by atoms with Crippen LogP contribution in [-0.4, -0.2) is 35.0 Å². The van der Waals surface area contributed by atoms with Crippen LogP contribution in [0.15, 0.2) is 29.9 Å². The van der Waals surface area contributed by atoms with E-state index in [1.54, 1.807) is 17.7 Å². The molecule has 7 heteroatoms. The van der Waals surface area contributed by atoms with Gasteiger partial charge in [-0.2, -0.15) is 0 Å². The lowest BCUT2D eigenvalue weighted by Crippen LogP contribution is -2.36. The maximum atomic E-state index is 12.1. The molecular formula is C20H27N5OS. The number of hydrogen-bond acceptors (Lipinski definition) is 6. The van der Waals surface area contributed by atoms with Gasteiger partial charge in [0.1, 0.15) is 18.0 Å². The van der Waals surface area contributed by atoms with Crippen molar-refractivity contribution in [1.29, 1.82) is 0 Å². The molecule has 0 aromatic carbocycles. The first-order valence-corrected chi connectivity index (χ1v) is 10.8. The van der Waals surface area contributed by atoms with Gasteiger partial charge in [-0.25, -0.2) is 9.97 Å². The smallest absolute Gasteiger partial charge is 0.220 e. The fraction of sp³-hybridized carbons (Fsp3) is 0.550. The van der Waals surface area contributed by atoms with Crippen molar-refractivity contribution in [2.45, 2.75) is 51.1 Å². The van der Waals surface area contributed by atoms with E-state index in [1.807, 2.05) is 11.4 Å². The molecule has 6 nitrogen and oxygen atoms in total. The Bertz CT molecular complexity index is 747. The van der Waals surface area contributed by atoms with E-state index in [2.05, 4.69) is 37.6 Å². The van der Waals surface area contributed by atoms with Crippen molar-refractivity contribution < 1.29 is 4.79 Å². The monoisotopic (exact) mass is 385 g/mol. The molecule has 1 saturated carbocycles. The molecule has 2 aromatic heterocycles. The molecule has 4 rings (SSSR count). The number of hydrogen-bond donors (Lipinski definition) is 2. The number of nitrogens with zero attached hydrogens (tertiary/aromatic N) is 3. The highest BCUT2D eigenvalue weighted by Crippen LogP contribution is 2.27. The van der Waals surface area contributed by atoms with E-state index in [-0.39, 0.29) is 5.91 Å². The number of piperidine rings is 1. The van der Waals surface area contributed by atoms with Crippen molar-refractivity contribution in [3.63, 3.8) is 0 Å². The summed E-state index contributed by atoms with van der Waals surface area (Å²) in [6.07, 6.45) is 8.00. The Balaban J connectivity index is 1.24. The number of thiophene rings is 1. The molecule has 2 fully saturated rings. The van der Waals surface area contributed by atoms with Crippen LogP contribution in [0.25, 0.3) is 0 Å². The zero-order valence-electron chi connectivity index (χ0n) is 15.6. The van der Waals surface area contributed by atoms with Gasteiger partial charge in [0.15, 0.2) is 0 Å². The van der Waals surface area contributed by atoms with Crippen LogP contribution in [0.5, 0.6) is 0 Å². The molecule has 1 aliphatic heterocycles. The highest BCUT2D eigenvalue weighted by molar-refractivity contribution is 7.09. The Hall–Kier alpha value is -2.15. The van der Waals surface area contributed by atoms with Gasteiger partial charge in [-0.15, -0.1) is 11.3 Å². The molecule has 0 bridgehead atoms. The zero-order valence-corrected chi connectivity index (χ0v) is 16.4. The third-order valence-electron chi connectivity index (χ3n) is 5.24. The minimum absolute atomic E-state index is 0.151. The van der Waals surface area contributed by atoms with E-state index in [1.165, 1.54) is 24.1 Å². The van der Waals surface area contributed by atoms with Crippen LogP contribution >= 0.6 is 11.3 Å². The summed E-state index contributed by atoms with van der Waals surface area (Å²) >= 11 is 1.68. The molecule has 1 saturated heterocycles. The topological polar surface area (TPSA) is 70.2 Å². The number of amides is 1. The Kier molecular flexibility index (Phi) is 5.87. The van der Waals surface area contributed by atoms with Crippen LogP contribution in [0.2, 0.25) is 0 Å². The van der Waals surface area contributed by atoms with Crippen LogP contribution in [0.1, 0.15) is 43.4 Å². The third kappa shape index (κ3) is 5.42. The van der Waals surface area contributed by atoms with Gasteiger partial charge in [-0.1, -0.05) is 6.07 Å². The summed E-state index contributed by atoms with van der Waals surface area (Å²) in [7, 11) is 0. The number of carbonyl (C=O) groups is 1. The van der Waals surface area contributed by atoms with Gasteiger partial charge in [0.25, 0.3) is 0 Å². The minimum atomic E-state index is 0.151. The predicted molar refractivity (Wildman–Crippen MR) is 109 cm³/mol. The fourth-order valence-corrected chi connectivity index (χ4v) is 4.21. The van der Waals surface area contributed by atoms with Crippen LogP contribution in [0.4, 0.5) is 11.6 Å². The Morgan fingerprint density at radius 1 is 1.30 bits per heavy atom. The first-order chi connectivity index (χ1) is 13.3. The van der Waals surface area contributed by atoms with Gasteiger partial charge in [0.05, 0.1) is 6.54 Å². The number of carbonyl (C=O) groups excluding carboxylic acids is 1. The molecule has 3 heterocycles. The molecule has 0 spiro atoms. The first kappa shape index (κ1) is 18.2. The average Bonchev–Trinajstić information content (AvgIpc) is 3.35. The maximum Gasteiger partial charge on any atom is 0.220 e. The summed E-state index contributed by atoms with van der Waals surface area (Å²) in [5.74, 6) is 2.62. The lowest BCUT2D eigenvalue weighted by atomic mass is 9.93. The van der Waals surface area contributed by atoms with Crippen molar-refractivity contribution in [2.75, 3.05) is 23.3 Å². The van der Waals surface area contributed by atoms with E-state index in [4.69, 9.17) is 0 Å². The summed E-state index contributed by atoms with van der Waals surface area (Å²) in [6.45, 7) is 2.64. The molecule has 144 valence electrons. The molecule has 1 unspecified atom stereocenters. The van der Waals surface area contributed by atoms with Crippen LogP contribution in [-0.2, 0) is 11.3 Å². The van der Waals surface area contributed by atoms with E-state index in [9.17, 15) is 4.79 Å². The standard InChI is InChI=1S/C20H27N5OS/c26-20(21-12-17-4-2-10-27-17)8-5-15-3-1-9-25(13-15)19-11-18(22-14-23-19)24-16-6-7-16/h2,4,10-11,14-16H,1,3,5-9,12-13H2,(H,21,26)(H,22,23,24). The van der Waals surface area contributed by atoms with Crippen LogP contribution in [0.3, 0.4) is 0 Å². The van der Waals surface area contributed by atoms with E-state index >= 15 is 0 Å². The number of anilines is 2. The highest BCUT2D eigenvalue weighted by Gasteiger charge is 2.24. The van der Waals surface area contributed by atoms with Crippen LogP contribution in [0, 0.1) is 5.92 Å². The molecular weight excluding hydrogens is 358 g/mol. The number of rotatable bonds is 8. The number of aromatic nitrogens is 2. The third-order valence-corrected chi connectivity index (χ3v) is 6.12. The predicted octanol–water partition coefficient (Wildman–Crippen LogP) is 3.43. The van der Waals surface area contributed by atoms with E-state index < -0.39 is 0 Å². The van der Waals surface area contributed by atoms with Gasteiger partial charge in [0.2, 0.25) is 5.91 Å². The van der Waals surface area contributed by atoms with Gasteiger partial charge < -0.3 is 15.5 Å². The zero-order chi connectivity index (χ0) is 18.5. The molecule has 0 radical (unpaired) electrons.